The molecule has 0 saturated carbocycles. The van der Waals surface area contributed by atoms with Gasteiger partial charge < -0.3 is 15.5 Å². The Balaban J connectivity index is 1.53. The molecule has 6 nitrogen and oxygen atoms in total. The molecule has 1 aliphatic rings. The van der Waals surface area contributed by atoms with Crippen LogP contribution in [0, 0.1) is 20.8 Å². The zero-order valence-electron chi connectivity index (χ0n) is 15.8. The number of aromatic nitrogens is 2. The van der Waals surface area contributed by atoms with Gasteiger partial charge in [0.2, 0.25) is 5.95 Å². The molecule has 0 bridgehead atoms. The number of nitrogens with zero attached hydrogens (tertiary/aromatic N) is 3. The number of nitrogens with one attached hydrogen (secondary N) is 2. The quantitative estimate of drug-likeness (QED) is 0.782. The Morgan fingerprint density at radius 2 is 1.85 bits per heavy atom. The fourth-order valence-corrected chi connectivity index (χ4v) is 3.17. The van der Waals surface area contributed by atoms with Crippen molar-refractivity contribution in [3.05, 3.63) is 46.6 Å². The van der Waals surface area contributed by atoms with Gasteiger partial charge in [-0.1, -0.05) is 17.7 Å². The third-order valence-electron chi connectivity index (χ3n) is 4.60. The van der Waals surface area contributed by atoms with Crippen LogP contribution in [0.2, 0.25) is 0 Å². The summed E-state index contributed by atoms with van der Waals surface area (Å²) in [6, 6.07) is 7.94. The number of anilines is 2. The van der Waals surface area contributed by atoms with E-state index in [9.17, 15) is 4.79 Å². The highest BCUT2D eigenvalue weighted by atomic mass is 16.1. The van der Waals surface area contributed by atoms with E-state index in [4.69, 9.17) is 0 Å². The van der Waals surface area contributed by atoms with Crippen LogP contribution >= 0.6 is 0 Å². The van der Waals surface area contributed by atoms with Crippen molar-refractivity contribution in [2.24, 2.45) is 0 Å². The Bertz CT molecular complexity index is 784. The molecule has 138 valence electrons. The molecule has 0 unspecified atom stereocenters. The number of hydrogen-bond donors (Lipinski definition) is 2. The minimum Gasteiger partial charge on any atom is -0.356 e. The fourth-order valence-electron chi connectivity index (χ4n) is 3.17. The summed E-state index contributed by atoms with van der Waals surface area (Å²) < 4.78 is 0. The van der Waals surface area contributed by atoms with Gasteiger partial charge in [0.1, 0.15) is 5.82 Å². The molecule has 1 saturated heterocycles. The van der Waals surface area contributed by atoms with Gasteiger partial charge in [0.05, 0.1) is 0 Å². The van der Waals surface area contributed by atoms with Crippen LogP contribution in [0.4, 0.5) is 11.8 Å². The van der Waals surface area contributed by atoms with Crippen molar-refractivity contribution in [3.63, 3.8) is 0 Å². The number of aryl methyl sites for hydroxylation is 3. The lowest BCUT2D eigenvalue weighted by atomic mass is 10.1. The second-order valence-corrected chi connectivity index (χ2v) is 6.89. The van der Waals surface area contributed by atoms with E-state index in [-0.39, 0.29) is 5.91 Å². The van der Waals surface area contributed by atoms with Gasteiger partial charge in [0.25, 0.3) is 5.91 Å². The van der Waals surface area contributed by atoms with Gasteiger partial charge in [-0.05, 0) is 45.2 Å². The van der Waals surface area contributed by atoms with E-state index in [1.54, 1.807) is 0 Å². The van der Waals surface area contributed by atoms with Crippen molar-refractivity contribution in [1.82, 2.24) is 15.3 Å². The molecule has 0 radical (unpaired) electrons. The minimum absolute atomic E-state index is 0.0454. The number of rotatable bonds is 6. The van der Waals surface area contributed by atoms with Crippen LogP contribution in [-0.2, 0) is 0 Å². The summed E-state index contributed by atoms with van der Waals surface area (Å²) in [4.78, 5) is 23.7. The molecule has 0 atom stereocenters. The van der Waals surface area contributed by atoms with Gasteiger partial charge in [0.15, 0.2) is 0 Å². The van der Waals surface area contributed by atoms with Crippen LogP contribution in [0.15, 0.2) is 24.3 Å². The Hall–Kier alpha value is -2.63. The maximum absolute atomic E-state index is 12.3. The van der Waals surface area contributed by atoms with Gasteiger partial charge >= 0.3 is 0 Å². The van der Waals surface area contributed by atoms with E-state index in [0.717, 1.165) is 41.3 Å². The standard InChI is InChI=1S/C20H27N5O/c1-14-6-7-15(2)17(12-14)19(26)21-8-9-22-20-23-16(3)13-18(24-20)25-10-4-5-11-25/h6-7,12-13H,4-5,8-11H2,1-3H3,(H,21,26)(H,22,23,24). The Morgan fingerprint density at radius 3 is 2.62 bits per heavy atom. The lowest BCUT2D eigenvalue weighted by Gasteiger charge is -2.17. The average molecular weight is 353 g/mol. The van der Waals surface area contributed by atoms with Crippen molar-refractivity contribution in [2.45, 2.75) is 33.6 Å². The van der Waals surface area contributed by atoms with E-state index in [0.29, 0.717) is 19.0 Å². The predicted octanol–water partition coefficient (Wildman–Crippen LogP) is 2.84. The van der Waals surface area contributed by atoms with Crippen molar-refractivity contribution in [2.75, 3.05) is 36.4 Å². The SMILES string of the molecule is Cc1ccc(C)c(C(=O)NCCNc2nc(C)cc(N3CCCC3)n2)c1. The average Bonchev–Trinajstić information content (AvgIpc) is 3.15. The lowest BCUT2D eigenvalue weighted by Crippen LogP contribution is -2.29. The van der Waals surface area contributed by atoms with E-state index in [1.807, 2.05) is 45.0 Å². The van der Waals surface area contributed by atoms with E-state index in [2.05, 4.69) is 25.5 Å². The second-order valence-electron chi connectivity index (χ2n) is 6.89. The summed E-state index contributed by atoms with van der Waals surface area (Å²) in [7, 11) is 0. The first kappa shape index (κ1) is 18.2. The molecule has 1 aromatic heterocycles. The van der Waals surface area contributed by atoms with Gasteiger partial charge in [-0.2, -0.15) is 4.98 Å². The summed E-state index contributed by atoms with van der Waals surface area (Å²) in [5, 5.41) is 6.17. The normalized spacial score (nSPS) is 13.7. The van der Waals surface area contributed by atoms with Gasteiger partial charge in [0, 0.05) is 43.5 Å². The zero-order chi connectivity index (χ0) is 18.5. The number of amides is 1. The Morgan fingerprint density at radius 1 is 1.08 bits per heavy atom. The van der Waals surface area contributed by atoms with Crippen LogP contribution in [0.5, 0.6) is 0 Å². The molecule has 1 aliphatic heterocycles. The Kier molecular flexibility index (Phi) is 5.71. The molecular weight excluding hydrogens is 326 g/mol. The summed E-state index contributed by atoms with van der Waals surface area (Å²) >= 11 is 0. The molecule has 1 aromatic carbocycles. The zero-order valence-corrected chi connectivity index (χ0v) is 15.8. The highest BCUT2D eigenvalue weighted by Gasteiger charge is 2.15. The number of carbonyl (C=O) groups excluding carboxylic acids is 1. The fraction of sp³-hybridized carbons (Fsp3) is 0.450. The van der Waals surface area contributed by atoms with Gasteiger partial charge in [-0.15, -0.1) is 0 Å². The van der Waals surface area contributed by atoms with Crippen LogP contribution in [0.1, 0.15) is 40.0 Å². The van der Waals surface area contributed by atoms with Gasteiger partial charge in [-0.25, -0.2) is 4.98 Å². The number of carbonyl (C=O) groups is 1. The topological polar surface area (TPSA) is 70.2 Å². The monoisotopic (exact) mass is 353 g/mol. The maximum Gasteiger partial charge on any atom is 0.251 e. The van der Waals surface area contributed by atoms with Crippen molar-refractivity contribution >= 4 is 17.7 Å². The summed E-state index contributed by atoms with van der Waals surface area (Å²) in [5.74, 6) is 1.56. The molecule has 2 N–H and O–H groups in total. The van der Waals surface area contributed by atoms with Crippen LogP contribution < -0.4 is 15.5 Å². The van der Waals surface area contributed by atoms with Crippen LogP contribution in [-0.4, -0.2) is 42.1 Å². The number of benzene rings is 1. The predicted molar refractivity (Wildman–Crippen MR) is 105 cm³/mol. The third-order valence-corrected chi connectivity index (χ3v) is 4.60. The van der Waals surface area contributed by atoms with E-state index in [1.165, 1.54) is 12.8 Å². The molecule has 1 fully saturated rings. The summed E-state index contributed by atoms with van der Waals surface area (Å²) in [6.07, 6.45) is 2.44. The highest BCUT2D eigenvalue weighted by Crippen LogP contribution is 2.19. The highest BCUT2D eigenvalue weighted by molar-refractivity contribution is 5.95. The Labute approximate surface area is 155 Å². The van der Waals surface area contributed by atoms with Crippen LogP contribution in [0.3, 0.4) is 0 Å². The van der Waals surface area contributed by atoms with E-state index >= 15 is 0 Å². The van der Waals surface area contributed by atoms with Crippen molar-refractivity contribution in [3.8, 4) is 0 Å². The third kappa shape index (κ3) is 4.50. The molecular formula is C20H27N5O. The lowest BCUT2D eigenvalue weighted by molar-refractivity contribution is 0.0954. The minimum atomic E-state index is -0.0454. The largest absolute Gasteiger partial charge is 0.356 e. The molecule has 0 spiro atoms. The van der Waals surface area contributed by atoms with Gasteiger partial charge in [-0.3, -0.25) is 4.79 Å². The molecule has 2 aromatic rings. The second kappa shape index (κ2) is 8.17. The van der Waals surface area contributed by atoms with Crippen molar-refractivity contribution < 1.29 is 4.79 Å². The first-order chi connectivity index (χ1) is 12.5. The first-order valence-electron chi connectivity index (χ1n) is 9.23. The molecule has 0 aliphatic carbocycles. The molecule has 6 heteroatoms. The van der Waals surface area contributed by atoms with Crippen molar-refractivity contribution in [1.29, 1.82) is 0 Å². The summed E-state index contributed by atoms with van der Waals surface area (Å²) in [5.41, 5.74) is 3.75. The summed E-state index contributed by atoms with van der Waals surface area (Å²) in [6.45, 7) is 9.14. The molecule has 3 rings (SSSR count). The maximum atomic E-state index is 12.3. The molecule has 2 heterocycles. The smallest absolute Gasteiger partial charge is 0.251 e. The van der Waals surface area contributed by atoms with Crippen LogP contribution in [0.25, 0.3) is 0 Å². The number of hydrogen-bond acceptors (Lipinski definition) is 5. The van der Waals surface area contributed by atoms with E-state index < -0.39 is 0 Å². The molecule has 1 amide bonds. The molecule has 26 heavy (non-hydrogen) atoms. The first-order valence-corrected chi connectivity index (χ1v) is 9.23.